The molecule has 0 aromatic heterocycles. The van der Waals surface area contributed by atoms with Crippen molar-refractivity contribution in [2.45, 2.75) is 56.0 Å². The lowest BCUT2D eigenvalue weighted by atomic mass is 9.92. The number of nitrogens with zero attached hydrogens (tertiary/aromatic N) is 3. The molecule has 4 nitrogen and oxygen atoms in total. The quantitative estimate of drug-likeness (QED) is 0.644. The minimum atomic E-state index is 0.347. The molecular weight excluding hydrogens is 366 g/mol. The number of benzene rings is 1. The average Bonchev–Trinajstić information content (AvgIpc) is 2.72. The van der Waals surface area contributed by atoms with Crippen LogP contribution in [0.2, 0.25) is 0 Å². The van der Waals surface area contributed by atoms with E-state index >= 15 is 0 Å². The Hall–Kier alpha value is -1.04. The van der Waals surface area contributed by atoms with Gasteiger partial charge in [0.2, 0.25) is 5.91 Å². The van der Waals surface area contributed by atoms with E-state index in [9.17, 15) is 4.79 Å². The summed E-state index contributed by atoms with van der Waals surface area (Å²) in [5.74, 6) is 1.01. The van der Waals surface area contributed by atoms with E-state index in [1.165, 1.54) is 29.8 Å². The van der Waals surface area contributed by atoms with Crippen molar-refractivity contribution in [1.29, 1.82) is 0 Å². The third-order valence-electron chi connectivity index (χ3n) is 6.54. The molecule has 156 valence electrons. The van der Waals surface area contributed by atoms with Gasteiger partial charge in [-0.25, -0.2) is 0 Å². The molecule has 2 fully saturated rings. The Bertz CT molecular complexity index is 630. The van der Waals surface area contributed by atoms with Gasteiger partial charge in [0.15, 0.2) is 0 Å². The summed E-state index contributed by atoms with van der Waals surface area (Å²) in [6, 6.07) is 9.34. The monoisotopic (exact) mass is 403 g/mol. The van der Waals surface area contributed by atoms with Crippen LogP contribution in [0.4, 0.5) is 0 Å². The molecule has 0 radical (unpaired) electrons. The molecule has 2 saturated heterocycles. The second-order valence-corrected chi connectivity index (χ2v) is 9.55. The summed E-state index contributed by atoms with van der Waals surface area (Å²) in [4.78, 5) is 21.0. The highest BCUT2D eigenvalue weighted by Crippen LogP contribution is 2.24. The summed E-state index contributed by atoms with van der Waals surface area (Å²) in [5, 5.41) is 0. The lowest BCUT2D eigenvalue weighted by molar-refractivity contribution is -0.133. The molecule has 1 atom stereocenters. The number of thioether (sulfide) groups is 1. The highest BCUT2D eigenvalue weighted by molar-refractivity contribution is 7.98. The first kappa shape index (κ1) is 21.7. The second kappa shape index (κ2) is 10.7. The second-order valence-electron chi connectivity index (χ2n) is 8.67. The van der Waals surface area contributed by atoms with E-state index in [4.69, 9.17) is 0 Å². The molecule has 5 heteroatoms. The standard InChI is InChI=1S/C23H37N3OS/c1-24-14-11-21(12-15-24)25(2)23(27)10-9-19-7-5-13-26(17-19)18-20-6-4-8-22(16-20)28-3/h4,6,8,16,19,21H,5,7,9-15,17-18H2,1-3H3/t19-/m0/s1. The van der Waals surface area contributed by atoms with Crippen LogP contribution in [-0.4, -0.2) is 73.2 Å². The first-order valence-electron chi connectivity index (χ1n) is 10.8. The van der Waals surface area contributed by atoms with Crippen molar-refractivity contribution in [3.63, 3.8) is 0 Å². The van der Waals surface area contributed by atoms with Crippen LogP contribution in [0, 0.1) is 5.92 Å². The van der Waals surface area contributed by atoms with Gasteiger partial charge < -0.3 is 9.80 Å². The molecule has 1 amide bonds. The summed E-state index contributed by atoms with van der Waals surface area (Å²) >= 11 is 1.81. The summed E-state index contributed by atoms with van der Waals surface area (Å²) in [6.07, 6.45) is 8.64. The highest BCUT2D eigenvalue weighted by Gasteiger charge is 2.25. The van der Waals surface area contributed by atoms with E-state index in [-0.39, 0.29) is 0 Å². The first-order valence-corrected chi connectivity index (χ1v) is 12.1. The van der Waals surface area contributed by atoms with E-state index in [1.807, 2.05) is 23.7 Å². The van der Waals surface area contributed by atoms with Crippen molar-refractivity contribution in [3.8, 4) is 0 Å². The van der Waals surface area contributed by atoms with Crippen molar-refractivity contribution in [3.05, 3.63) is 29.8 Å². The maximum absolute atomic E-state index is 12.7. The van der Waals surface area contributed by atoms with Gasteiger partial charge in [0.1, 0.15) is 0 Å². The van der Waals surface area contributed by atoms with Gasteiger partial charge in [-0.1, -0.05) is 12.1 Å². The number of piperidine rings is 2. The third kappa shape index (κ3) is 6.23. The zero-order chi connectivity index (χ0) is 19.9. The number of hydrogen-bond donors (Lipinski definition) is 0. The van der Waals surface area contributed by atoms with Crippen LogP contribution in [0.25, 0.3) is 0 Å². The lowest BCUT2D eigenvalue weighted by Crippen LogP contribution is -2.44. The van der Waals surface area contributed by atoms with Crippen LogP contribution < -0.4 is 0 Å². The fraction of sp³-hybridized carbons (Fsp3) is 0.696. The van der Waals surface area contributed by atoms with Crippen molar-refractivity contribution in [1.82, 2.24) is 14.7 Å². The Kier molecular flexibility index (Phi) is 8.24. The molecule has 1 aromatic carbocycles. The minimum absolute atomic E-state index is 0.347. The van der Waals surface area contributed by atoms with Crippen LogP contribution in [0.1, 0.15) is 44.1 Å². The largest absolute Gasteiger partial charge is 0.343 e. The Morgan fingerprint density at radius 2 is 2.00 bits per heavy atom. The van der Waals surface area contributed by atoms with Crippen molar-refractivity contribution >= 4 is 17.7 Å². The van der Waals surface area contributed by atoms with Gasteiger partial charge in [-0.05, 0) is 88.7 Å². The first-order chi connectivity index (χ1) is 13.5. The van der Waals surface area contributed by atoms with Crippen molar-refractivity contribution < 1.29 is 4.79 Å². The molecule has 0 unspecified atom stereocenters. The highest BCUT2D eigenvalue weighted by atomic mass is 32.2. The Morgan fingerprint density at radius 1 is 1.21 bits per heavy atom. The van der Waals surface area contributed by atoms with Gasteiger partial charge >= 0.3 is 0 Å². The van der Waals surface area contributed by atoms with E-state index in [0.717, 1.165) is 45.4 Å². The van der Waals surface area contributed by atoms with Crippen LogP contribution in [0.3, 0.4) is 0 Å². The van der Waals surface area contributed by atoms with Crippen LogP contribution in [0.5, 0.6) is 0 Å². The van der Waals surface area contributed by atoms with Gasteiger partial charge in [0.05, 0.1) is 0 Å². The smallest absolute Gasteiger partial charge is 0.222 e. The summed E-state index contributed by atoms with van der Waals surface area (Å²) in [5.41, 5.74) is 1.41. The van der Waals surface area contributed by atoms with Crippen LogP contribution >= 0.6 is 11.8 Å². The van der Waals surface area contributed by atoms with Gasteiger partial charge in [0, 0.05) is 37.5 Å². The fourth-order valence-corrected chi connectivity index (χ4v) is 5.13. The van der Waals surface area contributed by atoms with Gasteiger partial charge in [-0.15, -0.1) is 11.8 Å². The maximum atomic E-state index is 12.7. The molecule has 28 heavy (non-hydrogen) atoms. The topological polar surface area (TPSA) is 26.8 Å². The molecule has 3 rings (SSSR count). The minimum Gasteiger partial charge on any atom is -0.343 e. The number of hydrogen-bond acceptors (Lipinski definition) is 4. The van der Waals surface area contributed by atoms with E-state index in [0.29, 0.717) is 24.3 Å². The molecule has 0 aliphatic carbocycles. The lowest BCUT2D eigenvalue weighted by Gasteiger charge is -2.36. The number of carbonyl (C=O) groups is 1. The van der Waals surface area contributed by atoms with Gasteiger partial charge in [0.25, 0.3) is 0 Å². The predicted molar refractivity (Wildman–Crippen MR) is 119 cm³/mol. The molecular formula is C23H37N3OS. The average molecular weight is 404 g/mol. The molecule has 0 bridgehead atoms. The summed E-state index contributed by atoms with van der Waals surface area (Å²) < 4.78 is 0. The Morgan fingerprint density at radius 3 is 2.75 bits per heavy atom. The molecule has 1 aromatic rings. The van der Waals surface area contributed by atoms with Gasteiger partial charge in [-0.3, -0.25) is 9.69 Å². The van der Waals surface area contributed by atoms with E-state index in [1.54, 1.807) is 0 Å². The molecule has 2 aliphatic heterocycles. The molecule has 2 heterocycles. The maximum Gasteiger partial charge on any atom is 0.222 e. The Balaban J connectivity index is 1.43. The van der Waals surface area contributed by atoms with Crippen LogP contribution in [-0.2, 0) is 11.3 Å². The summed E-state index contributed by atoms with van der Waals surface area (Å²) in [7, 11) is 4.19. The number of amides is 1. The predicted octanol–water partition coefficient (Wildman–Crippen LogP) is 3.95. The molecule has 0 spiro atoms. The van der Waals surface area contributed by atoms with Crippen LogP contribution in [0.15, 0.2) is 29.2 Å². The fourth-order valence-electron chi connectivity index (χ4n) is 4.65. The van der Waals surface area contributed by atoms with Crippen molar-refractivity contribution in [2.24, 2.45) is 5.92 Å². The normalized spacial score (nSPS) is 22.3. The SMILES string of the molecule is CSc1cccc(CN2CCC[C@@H](CCC(=O)N(C)C3CCN(C)CC3)C2)c1. The summed E-state index contributed by atoms with van der Waals surface area (Å²) in [6.45, 7) is 5.57. The zero-order valence-corrected chi connectivity index (χ0v) is 18.7. The molecule has 2 aliphatic rings. The zero-order valence-electron chi connectivity index (χ0n) is 17.9. The number of likely N-dealkylation sites (tertiary alicyclic amines) is 2. The molecule has 0 N–H and O–H groups in total. The number of rotatable bonds is 7. The number of carbonyl (C=O) groups excluding carboxylic acids is 1. The molecule has 0 saturated carbocycles. The van der Waals surface area contributed by atoms with E-state index < -0.39 is 0 Å². The van der Waals surface area contributed by atoms with E-state index in [2.05, 4.69) is 47.4 Å². The van der Waals surface area contributed by atoms with Gasteiger partial charge in [-0.2, -0.15) is 0 Å². The Labute approximate surface area is 175 Å². The van der Waals surface area contributed by atoms with Crippen molar-refractivity contribution in [2.75, 3.05) is 46.5 Å². The third-order valence-corrected chi connectivity index (χ3v) is 7.26.